The van der Waals surface area contributed by atoms with E-state index in [2.05, 4.69) is 12.2 Å². The van der Waals surface area contributed by atoms with E-state index in [0.717, 1.165) is 18.5 Å². The number of nitrogens with one attached hydrogen (secondary N) is 1. The summed E-state index contributed by atoms with van der Waals surface area (Å²) in [7, 11) is 0. The first kappa shape index (κ1) is 17.1. The fourth-order valence-electron chi connectivity index (χ4n) is 1.80. The topological polar surface area (TPSA) is 29.1 Å². The summed E-state index contributed by atoms with van der Waals surface area (Å²) in [4.78, 5) is 11.6. The third-order valence-electron chi connectivity index (χ3n) is 2.96. The Bertz CT molecular complexity index is 458. The zero-order valence-corrected chi connectivity index (χ0v) is 13.3. The molecule has 1 rings (SSSR count). The average Bonchev–Trinajstić information content (AvgIpc) is 2.41. The van der Waals surface area contributed by atoms with Gasteiger partial charge in [-0.1, -0.05) is 61.9 Å². The van der Waals surface area contributed by atoms with Crippen LogP contribution < -0.4 is 5.32 Å². The lowest BCUT2D eigenvalue weighted by atomic mass is 10.1. The van der Waals surface area contributed by atoms with E-state index < -0.39 is 0 Å². The van der Waals surface area contributed by atoms with Crippen LogP contribution in [0, 0.1) is 0 Å². The van der Waals surface area contributed by atoms with Gasteiger partial charge in [0.2, 0.25) is 5.91 Å². The van der Waals surface area contributed by atoms with Gasteiger partial charge in [-0.2, -0.15) is 0 Å². The Labute approximate surface area is 131 Å². The maximum Gasteiger partial charge on any atom is 0.243 e. The van der Waals surface area contributed by atoms with E-state index in [1.54, 1.807) is 24.3 Å². The van der Waals surface area contributed by atoms with E-state index in [4.69, 9.17) is 23.2 Å². The minimum absolute atomic E-state index is 0.0912. The normalized spacial score (nSPS) is 10.9. The molecular weight excluding hydrogens is 293 g/mol. The standard InChI is InChI=1S/C16H21Cl2NO/c1-2-3-4-5-6-11-19-16(20)10-8-13-7-9-14(17)12-15(13)18/h7-10,12H,2-6,11H2,1H3,(H,19,20)/b10-8+. The molecule has 0 aliphatic heterocycles. The summed E-state index contributed by atoms with van der Waals surface area (Å²) in [5.41, 5.74) is 0.786. The highest BCUT2D eigenvalue weighted by Crippen LogP contribution is 2.21. The van der Waals surface area contributed by atoms with Gasteiger partial charge < -0.3 is 5.32 Å². The SMILES string of the molecule is CCCCCCCNC(=O)/C=C/c1ccc(Cl)cc1Cl. The van der Waals surface area contributed by atoms with Crippen molar-refractivity contribution in [3.05, 3.63) is 39.9 Å². The summed E-state index contributed by atoms with van der Waals surface area (Å²) < 4.78 is 0. The summed E-state index contributed by atoms with van der Waals surface area (Å²) in [6, 6.07) is 5.20. The molecule has 0 unspecified atom stereocenters. The summed E-state index contributed by atoms with van der Waals surface area (Å²) in [5, 5.41) is 4.00. The van der Waals surface area contributed by atoms with E-state index in [0.29, 0.717) is 10.0 Å². The van der Waals surface area contributed by atoms with Gasteiger partial charge in [-0.05, 0) is 30.2 Å². The first-order valence-electron chi connectivity index (χ1n) is 7.04. The number of unbranched alkanes of at least 4 members (excludes halogenated alkanes) is 4. The molecule has 0 bridgehead atoms. The summed E-state index contributed by atoms with van der Waals surface area (Å²) in [6.45, 7) is 2.91. The van der Waals surface area contributed by atoms with Crippen LogP contribution in [0.1, 0.15) is 44.6 Å². The second-order valence-corrected chi connectivity index (χ2v) is 5.55. The van der Waals surface area contributed by atoms with Crippen LogP contribution in [-0.2, 0) is 4.79 Å². The molecule has 1 amide bonds. The summed E-state index contributed by atoms with van der Waals surface area (Å²) >= 11 is 11.8. The van der Waals surface area contributed by atoms with Crippen molar-refractivity contribution >= 4 is 35.2 Å². The van der Waals surface area contributed by atoms with Crippen LogP contribution in [0.4, 0.5) is 0 Å². The van der Waals surface area contributed by atoms with Gasteiger partial charge in [0, 0.05) is 22.7 Å². The lowest BCUT2D eigenvalue weighted by Crippen LogP contribution is -2.21. The monoisotopic (exact) mass is 313 g/mol. The van der Waals surface area contributed by atoms with Crippen molar-refractivity contribution in [1.29, 1.82) is 0 Å². The molecule has 0 saturated heterocycles. The van der Waals surface area contributed by atoms with Crippen LogP contribution >= 0.6 is 23.2 Å². The molecule has 0 aliphatic carbocycles. The minimum Gasteiger partial charge on any atom is -0.353 e. The number of benzene rings is 1. The molecule has 0 atom stereocenters. The van der Waals surface area contributed by atoms with E-state index in [1.807, 2.05) is 0 Å². The van der Waals surface area contributed by atoms with Crippen LogP contribution in [0.5, 0.6) is 0 Å². The molecule has 0 saturated carbocycles. The van der Waals surface area contributed by atoms with Crippen molar-refractivity contribution in [1.82, 2.24) is 5.32 Å². The van der Waals surface area contributed by atoms with Gasteiger partial charge in [0.05, 0.1) is 0 Å². The molecule has 2 nitrogen and oxygen atoms in total. The number of hydrogen-bond acceptors (Lipinski definition) is 1. The van der Waals surface area contributed by atoms with Gasteiger partial charge in [0.25, 0.3) is 0 Å². The van der Waals surface area contributed by atoms with Gasteiger partial charge in [-0.15, -0.1) is 0 Å². The molecular formula is C16H21Cl2NO. The lowest BCUT2D eigenvalue weighted by molar-refractivity contribution is -0.116. The van der Waals surface area contributed by atoms with E-state index >= 15 is 0 Å². The number of amides is 1. The van der Waals surface area contributed by atoms with Gasteiger partial charge in [-0.3, -0.25) is 4.79 Å². The molecule has 1 N–H and O–H groups in total. The third-order valence-corrected chi connectivity index (χ3v) is 3.52. The fourth-order valence-corrected chi connectivity index (χ4v) is 2.27. The largest absolute Gasteiger partial charge is 0.353 e. The van der Waals surface area contributed by atoms with Gasteiger partial charge >= 0.3 is 0 Å². The van der Waals surface area contributed by atoms with Crippen molar-refractivity contribution in [3.8, 4) is 0 Å². The first-order chi connectivity index (χ1) is 9.63. The quantitative estimate of drug-likeness (QED) is 0.525. The Morgan fingerprint density at radius 3 is 2.65 bits per heavy atom. The van der Waals surface area contributed by atoms with E-state index in [-0.39, 0.29) is 5.91 Å². The third kappa shape index (κ3) is 6.97. The van der Waals surface area contributed by atoms with Crippen LogP contribution in [0.2, 0.25) is 10.0 Å². The molecule has 0 aromatic heterocycles. The van der Waals surface area contributed by atoms with Crippen molar-refractivity contribution in [3.63, 3.8) is 0 Å². The van der Waals surface area contributed by atoms with Crippen molar-refractivity contribution in [2.45, 2.75) is 39.0 Å². The number of rotatable bonds is 8. The van der Waals surface area contributed by atoms with Crippen LogP contribution in [0.15, 0.2) is 24.3 Å². The van der Waals surface area contributed by atoms with Crippen molar-refractivity contribution in [2.75, 3.05) is 6.54 Å². The second kappa shape index (κ2) is 9.84. The van der Waals surface area contributed by atoms with Crippen LogP contribution in [0.3, 0.4) is 0 Å². The number of halogens is 2. The molecule has 0 radical (unpaired) electrons. The Morgan fingerprint density at radius 2 is 1.95 bits per heavy atom. The molecule has 0 aliphatic rings. The van der Waals surface area contributed by atoms with Gasteiger partial charge in [0.15, 0.2) is 0 Å². The lowest BCUT2D eigenvalue weighted by Gasteiger charge is -2.02. The maximum absolute atomic E-state index is 11.6. The molecule has 1 aromatic carbocycles. The minimum atomic E-state index is -0.0912. The number of carbonyl (C=O) groups excluding carboxylic acids is 1. The van der Waals surface area contributed by atoms with Gasteiger partial charge in [-0.25, -0.2) is 0 Å². The smallest absolute Gasteiger partial charge is 0.243 e. The van der Waals surface area contributed by atoms with Crippen LogP contribution in [-0.4, -0.2) is 12.5 Å². The summed E-state index contributed by atoms with van der Waals surface area (Å²) in [5.74, 6) is -0.0912. The molecule has 110 valence electrons. The van der Waals surface area contributed by atoms with Crippen molar-refractivity contribution in [2.24, 2.45) is 0 Å². The second-order valence-electron chi connectivity index (χ2n) is 4.70. The van der Waals surface area contributed by atoms with Gasteiger partial charge in [0.1, 0.15) is 0 Å². The number of hydrogen-bond donors (Lipinski definition) is 1. The molecule has 0 heterocycles. The van der Waals surface area contributed by atoms with E-state index in [9.17, 15) is 4.79 Å². The maximum atomic E-state index is 11.6. The average molecular weight is 314 g/mol. The van der Waals surface area contributed by atoms with Crippen molar-refractivity contribution < 1.29 is 4.79 Å². The fraction of sp³-hybridized carbons (Fsp3) is 0.438. The molecule has 20 heavy (non-hydrogen) atoms. The Morgan fingerprint density at radius 1 is 1.20 bits per heavy atom. The molecule has 0 spiro atoms. The Balaban J connectivity index is 2.29. The zero-order valence-electron chi connectivity index (χ0n) is 11.8. The van der Waals surface area contributed by atoms with Crippen LogP contribution in [0.25, 0.3) is 6.08 Å². The first-order valence-corrected chi connectivity index (χ1v) is 7.80. The highest BCUT2D eigenvalue weighted by molar-refractivity contribution is 6.35. The molecule has 1 aromatic rings. The predicted molar refractivity (Wildman–Crippen MR) is 87.3 cm³/mol. The van der Waals surface area contributed by atoms with E-state index in [1.165, 1.54) is 31.8 Å². The Hall–Kier alpha value is -0.990. The predicted octanol–water partition coefficient (Wildman–Crippen LogP) is 5.09. The zero-order chi connectivity index (χ0) is 14.8. The molecule has 4 heteroatoms. The number of carbonyl (C=O) groups is 1. The highest BCUT2D eigenvalue weighted by atomic mass is 35.5. The Kier molecular flexibility index (Phi) is 8.40. The summed E-state index contributed by atoms with van der Waals surface area (Å²) in [6.07, 6.45) is 9.14. The highest BCUT2D eigenvalue weighted by Gasteiger charge is 1.99. The molecule has 0 fully saturated rings.